The Morgan fingerprint density at radius 2 is 2.36 bits per heavy atom. The van der Waals surface area contributed by atoms with Crippen LogP contribution in [0.2, 0.25) is 0 Å². The van der Waals surface area contributed by atoms with Gasteiger partial charge in [-0.1, -0.05) is 12.1 Å². The number of nitrogens with one attached hydrogen (secondary N) is 1. The zero-order chi connectivity index (χ0) is 10.2. The highest BCUT2D eigenvalue weighted by Gasteiger charge is 1.92. The molecular weight excluding hydrogens is 178 g/mol. The van der Waals surface area contributed by atoms with Crippen LogP contribution in [0.15, 0.2) is 24.3 Å². The second-order valence-corrected chi connectivity index (χ2v) is 3.04. The number of hydrogen-bond acceptors (Lipinski definition) is 3. The van der Waals surface area contributed by atoms with Crippen LogP contribution < -0.4 is 10.1 Å². The molecule has 76 valence electrons. The lowest BCUT2D eigenvalue weighted by Crippen LogP contribution is -2.22. The molecule has 1 aromatic carbocycles. The predicted octanol–water partition coefficient (Wildman–Crippen LogP) is 1.16. The van der Waals surface area contributed by atoms with E-state index in [9.17, 15) is 4.79 Å². The van der Waals surface area contributed by atoms with Crippen LogP contribution >= 0.6 is 0 Å². The summed E-state index contributed by atoms with van der Waals surface area (Å²) in [6.45, 7) is 3.68. The third-order valence-corrected chi connectivity index (χ3v) is 1.76. The molecule has 0 saturated carbocycles. The Morgan fingerprint density at radius 1 is 1.50 bits per heavy atom. The zero-order valence-corrected chi connectivity index (χ0v) is 8.32. The van der Waals surface area contributed by atoms with Crippen molar-refractivity contribution < 1.29 is 9.53 Å². The smallest absolute Gasteiger partial charge is 0.133 e. The average Bonchev–Trinajstić information content (AvgIpc) is 2.18. The zero-order valence-electron chi connectivity index (χ0n) is 8.32. The average molecular weight is 193 g/mol. The van der Waals surface area contributed by atoms with Crippen LogP contribution in [-0.4, -0.2) is 26.0 Å². The molecule has 0 fully saturated rings. The minimum absolute atomic E-state index is 0.386. The third kappa shape index (κ3) is 4.05. The Balaban J connectivity index is 2.21. The van der Waals surface area contributed by atoms with Gasteiger partial charge in [-0.15, -0.1) is 0 Å². The van der Waals surface area contributed by atoms with Gasteiger partial charge in [-0.25, -0.2) is 0 Å². The standard InChI is InChI=1S/C11H15NO2/c1-10-3-2-4-11(9-10)14-8-6-12-5-7-13/h2-4,7,9,12H,5-6,8H2,1H3. The van der Waals surface area contributed by atoms with E-state index < -0.39 is 0 Å². The van der Waals surface area contributed by atoms with E-state index in [0.29, 0.717) is 19.7 Å². The van der Waals surface area contributed by atoms with Crippen molar-refractivity contribution in [3.05, 3.63) is 29.8 Å². The lowest BCUT2D eigenvalue weighted by molar-refractivity contribution is -0.107. The second kappa shape index (κ2) is 6.16. The van der Waals surface area contributed by atoms with Crippen molar-refractivity contribution >= 4 is 6.29 Å². The highest BCUT2D eigenvalue weighted by Crippen LogP contribution is 2.11. The van der Waals surface area contributed by atoms with E-state index in [2.05, 4.69) is 5.32 Å². The summed E-state index contributed by atoms with van der Waals surface area (Å²) in [5.74, 6) is 0.873. The van der Waals surface area contributed by atoms with Gasteiger partial charge in [0.05, 0.1) is 6.54 Å². The summed E-state index contributed by atoms with van der Waals surface area (Å²) < 4.78 is 5.45. The fourth-order valence-corrected chi connectivity index (χ4v) is 1.11. The van der Waals surface area contributed by atoms with Crippen molar-refractivity contribution in [2.45, 2.75) is 6.92 Å². The Hall–Kier alpha value is -1.35. The predicted molar refractivity (Wildman–Crippen MR) is 55.6 cm³/mol. The molecule has 1 N–H and O–H groups in total. The largest absolute Gasteiger partial charge is 0.492 e. The van der Waals surface area contributed by atoms with Crippen molar-refractivity contribution in [2.24, 2.45) is 0 Å². The Morgan fingerprint density at radius 3 is 3.07 bits per heavy atom. The molecule has 1 rings (SSSR count). The van der Waals surface area contributed by atoms with Crippen molar-refractivity contribution in [1.29, 1.82) is 0 Å². The molecule has 3 nitrogen and oxygen atoms in total. The number of aldehydes is 1. The van der Waals surface area contributed by atoms with Crippen molar-refractivity contribution in [3.63, 3.8) is 0 Å². The lowest BCUT2D eigenvalue weighted by atomic mass is 10.2. The van der Waals surface area contributed by atoms with Gasteiger partial charge in [0.2, 0.25) is 0 Å². The van der Waals surface area contributed by atoms with Crippen molar-refractivity contribution in [3.8, 4) is 5.75 Å². The molecule has 0 bridgehead atoms. The van der Waals surface area contributed by atoms with Crippen molar-refractivity contribution in [1.82, 2.24) is 5.32 Å². The van der Waals surface area contributed by atoms with Crippen LogP contribution in [-0.2, 0) is 4.79 Å². The molecule has 0 aliphatic rings. The topological polar surface area (TPSA) is 38.3 Å². The highest BCUT2D eigenvalue weighted by molar-refractivity contribution is 5.51. The van der Waals surface area contributed by atoms with Gasteiger partial charge in [-0.05, 0) is 24.6 Å². The van der Waals surface area contributed by atoms with E-state index in [1.165, 1.54) is 5.56 Å². The number of rotatable bonds is 6. The first kappa shape index (κ1) is 10.7. The maximum Gasteiger partial charge on any atom is 0.133 e. The lowest BCUT2D eigenvalue weighted by Gasteiger charge is -2.06. The van der Waals surface area contributed by atoms with Crippen molar-refractivity contribution in [2.75, 3.05) is 19.7 Å². The number of benzene rings is 1. The Labute approximate surface area is 84.1 Å². The molecule has 0 unspecified atom stereocenters. The summed E-state index contributed by atoms with van der Waals surface area (Å²) in [5.41, 5.74) is 1.18. The first-order valence-electron chi connectivity index (χ1n) is 4.67. The molecule has 3 heteroatoms. The number of hydrogen-bond donors (Lipinski definition) is 1. The molecule has 0 atom stereocenters. The van der Waals surface area contributed by atoms with Crippen LogP contribution in [0.4, 0.5) is 0 Å². The van der Waals surface area contributed by atoms with Gasteiger partial charge in [0.25, 0.3) is 0 Å². The Bertz CT molecular complexity index is 286. The van der Waals surface area contributed by atoms with Crippen LogP contribution in [0, 0.1) is 6.92 Å². The molecule has 0 saturated heterocycles. The molecule has 14 heavy (non-hydrogen) atoms. The summed E-state index contributed by atoms with van der Waals surface area (Å²) in [6, 6.07) is 7.90. The fraction of sp³-hybridized carbons (Fsp3) is 0.364. The molecule has 1 aromatic rings. The van der Waals surface area contributed by atoms with E-state index >= 15 is 0 Å². The molecular formula is C11H15NO2. The first-order chi connectivity index (χ1) is 6.83. The number of carbonyl (C=O) groups is 1. The van der Waals surface area contributed by atoms with E-state index in [-0.39, 0.29) is 0 Å². The summed E-state index contributed by atoms with van der Waals surface area (Å²) in [4.78, 5) is 9.98. The van der Waals surface area contributed by atoms with Gasteiger partial charge in [0.1, 0.15) is 18.6 Å². The van der Waals surface area contributed by atoms with Crippen LogP contribution in [0.5, 0.6) is 5.75 Å². The maximum atomic E-state index is 9.98. The molecule has 0 aromatic heterocycles. The third-order valence-electron chi connectivity index (χ3n) is 1.76. The van der Waals surface area contributed by atoms with Gasteiger partial charge in [-0.3, -0.25) is 0 Å². The van der Waals surface area contributed by atoms with Crippen LogP contribution in [0.1, 0.15) is 5.56 Å². The number of ether oxygens (including phenoxy) is 1. The first-order valence-corrected chi connectivity index (χ1v) is 4.67. The normalized spacial score (nSPS) is 9.79. The van der Waals surface area contributed by atoms with Gasteiger partial charge < -0.3 is 14.8 Å². The second-order valence-electron chi connectivity index (χ2n) is 3.04. The number of carbonyl (C=O) groups excluding carboxylic acids is 1. The van der Waals surface area contributed by atoms with E-state index in [1.807, 2.05) is 31.2 Å². The summed E-state index contributed by atoms with van der Waals surface area (Å²) in [7, 11) is 0. The van der Waals surface area contributed by atoms with E-state index in [1.54, 1.807) is 0 Å². The quantitative estimate of drug-likeness (QED) is 0.544. The highest BCUT2D eigenvalue weighted by atomic mass is 16.5. The van der Waals surface area contributed by atoms with Gasteiger partial charge >= 0.3 is 0 Å². The minimum Gasteiger partial charge on any atom is -0.492 e. The summed E-state index contributed by atoms with van der Waals surface area (Å²) >= 11 is 0. The number of aryl methyl sites for hydroxylation is 1. The fourth-order valence-electron chi connectivity index (χ4n) is 1.11. The minimum atomic E-state index is 0.386. The summed E-state index contributed by atoms with van der Waals surface area (Å²) in [6.07, 6.45) is 0.840. The molecule has 0 spiro atoms. The maximum absolute atomic E-state index is 9.98. The Kier molecular flexibility index (Phi) is 4.72. The SMILES string of the molecule is Cc1cccc(OCCNCC=O)c1. The molecule has 0 aliphatic heterocycles. The molecule has 0 amide bonds. The summed E-state index contributed by atoms with van der Waals surface area (Å²) in [5, 5.41) is 2.93. The molecule has 0 radical (unpaired) electrons. The monoisotopic (exact) mass is 193 g/mol. The van der Waals surface area contributed by atoms with Gasteiger partial charge in [-0.2, -0.15) is 0 Å². The van der Waals surface area contributed by atoms with Gasteiger partial charge in [0, 0.05) is 6.54 Å². The van der Waals surface area contributed by atoms with E-state index in [0.717, 1.165) is 12.0 Å². The molecule has 0 heterocycles. The van der Waals surface area contributed by atoms with Crippen LogP contribution in [0.3, 0.4) is 0 Å². The van der Waals surface area contributed by atoms with E-state index in [4.69, 9.17) is 4.74 Å². The molecule has 0 aliphatic carbocycles. The van der Waals surface area contributed by atoms with Crippen LogP contribution in [0.25, 0.3) is 0 Å². The van der Waals surface area contributed by atoms with Gasteiger partial charge in [0.15, 0.2) is 0 Å².